The Balaban J connectivity index is 2.71. The second-order valence-corrected chi connectivity index (χ2v) is 3.30. The molecule has 0 amide bonds. The van der Waals surface area contributed by atoms with Crippen molar-refractivity contribution in [3.8, 4) is 0 Å². The monoisotopic (exact) mass is 178 g/mol. The fourth-order valence-corrected chi connectivity index (χ4v) is 1.42. The molecule has 5 heteroatoms. The molecule has 0 aliphatic heterocycles. The summed E-state index contributed by atoms with van der Waals surface area (Å²) in [5, 5.41) is 45.6. The van der Waals surface area contributed by atoms with Gasteiger partial charge < -0.3 is 25.5 Å². The largest absolute Gasteiger partial charge is 0.393 e. The van der Waals surface area contributed by atoms with Crippen molar-refractivity contribution in [2.45, 2.75) is 36.8 Å². The highest BCUT2D eigenvalue weighted by Crippen LogP contribution is 2.28. The minimum Gasteiger partial charge on any atom is -0.393 e. The maximum atomic E-state index is 9.47. The summed E-state index contributed by atoms with van der Waals surface area (Å²) in [4.78, 5) is 0. The zero-order chi connectivity index (χ0) is 9.35. The molecule has 5 nitrogen and oxygen atoms in total. The number of hydrogen-bond donors (Lipinski definition) is 5. The molecule has 4 atom stereocenters. The van der Waals surface area contributed by atoms with Gasteiger partial charge in [0.2, 0.25) is 0 Å². The van der Waals surface area contributed by atoms with Crippen molar-refractivity contribution in [2.75, 3.05) is 6.61 Å². The van der Waals surface area contributed by atoms with Gasteiger partial charge in [0.15, 0.2) is 0 Å². The van der Waals surface area contributed by atoms with Crippen LogP contribution in [-0.4, -0.2) is 56.1 Å². The van der Waals surface area contributed by atoms with Gasteiger partial charge in [0.25, 0.3) is 0 Å². The molecule has 0 spiro atoms. The molecule has 1 aliphatic carbocycles. The van der Waals surface area contributed by atoms with Gasteiger partial charge in [0, 0.05) is 0 Å². The Morgan fingerprint density at radius 2 is 1.83 bits per heavy atom. The van der Waals surface area contributed by atoms with Gasteiger partial charge in [-0.3, -0.25) is 0 Å². The van der Waals surface area contributed by atoms with Gasteiger partial charge in [-0.05, 0) is 12.8 Å². The fourth-order valence-electron chi connectivity index (χ4n) is 1.42. The van der Waals surface area contributed by atoms with E-state index < -0.39 is 30.5 Å². The predicted molar refractivity (Wildman–Crippen MR) is 39.3 cm³/mol. The van der Waals surface area contributed by atoms with Gasteiger partial charge in [-0.2, -0.15) is 0 Å². The molecular formula is C7H14O5. The minimum absolute atomic E-state index is 0.0862. The Hall–Kier alpha value is -0.200. The number of hydrogen-bond acceptors (Lipinski definition) is 5. The van der Waals surface area contributed by atoms with Crippen LogP contribution in [-0.2, 0) is 0 Å². The smallest absolute Gasteiger partial charge is 0.116 e. The van der Waals surface area contributed by atoms with Crippen molar-refractivity contribution in [1.29, 1.82) is 0 Å². The molecule has 5 N–H and O–H groups in total. The first kappa shape index (κ1) is 9.88. The normalized spacial score (nSPS) is 49.2. The minimum atomic E-state index is -1.67. The van der Waals surface area contributed by atoms with E-state index in [9.17, 15) is 10.2 Å². The Kier molecular flexibility index (Phi) is 2.70. The summed E-state index contributed by atoms with van der Waals surface area (Å²) in [5.74, 6) is 0. The van der Waals surface area contributed by atoms with E-state index in [1.54, 1.807) is 0 Å². The maximum absolute atomic E-state index is 9.47. The van der Waals surface area contributed by atoms with Crippen LogP contribution >= 0.6 is 0 Å². The fraction of sp³-hybridized carbons (Fsp3) is 1.00. The summed E-state index contributed by atoms with van der Waals surface area (Å²) < 4.78 is 0. The number of rotatable bonds is 1. The standard InChI is InChI=1S/C7H14O5/c8-3-7(12)2-1-4(9)5(10)6(7)11/h4-6,8-12H,1-3H2/t4-,5+,6+,7-/m1/s1. The quantitative estimate of drug-likeness (QED) is 0.308. The highest BCUT2D eigenvalue weighted by Gasteiger charge is 2.46. The molecular weight excluding hydrogens is 164 g/mol. The van der Waals surface area contributed by atoms with Gasteiger partial charge in [-0.15, -0.1) is 0 Å². The van der Waals surface area contributed by atoms with Gasteiger partial charge in [-0.1, -0.05) is 0 Å². The third kappa shape index (κ3) is 1.46. The van der Waals surface area contributed by atoms with E-state index >= 15 is 0 Å². The third-order valence-corrected chi connectivity index (χ3v) is 2.42. The molecule has 12 heavy (non-hydrogen) atoms. The highest BCUT2D eigenvalue weighted by molar-refractivity contribution is 4.97. The lowest BCUT2D eigenvalue weighted by atomic mass is 9.79. The Labute approximate surface area is 69.9 Å². The van der Waals surface area contributed by atoms with Crippen molar-refractivity contribution >= 4 is 0 Å². The van der Waals surface area contributed by atoms with E-state index in [4.69, 9.17) is 15.3 Å². The van der Waals surface area contributed by atoms with E-state index in [-0.39, 0.29) is 12.8 Å². The van der Waals surface area contributed by atoms with Gasteiger partial charge in [0.05, 0.1) is 12.7 Å². The number of aliphatic hydroxyl groups is 5. The molecule has 72 valence electrons. The second kappa shape index (κ2) is 3.27. The molecule has 0 aromatic heterocycles. The lowest BCUT2D eigenvalue weighted by Gasteiger charge is -2.40. The molecule has 0 aromatic carbocycles. The number of aliphatic hydroxyl groups excluding tert-OH is 4. The average Bonchev–Trinajstić information content (AvgIpc) is 2.09. The summed E-state index contributed by atoms with van der Waals surface area (Å²) in [6, 6.07) is 0. The van der Waals surface area contributed by atoms with E-state index in [0.29, 0.717) is 0 Å². The van der Waals surface area contributed by atoms with E-state index in [0.717, 1.165) is 0 Å². The van der Waals surface area contributed by atoms with Gasteiger partial charge >= 0.3 is 0 Å². The van der Waals surface area contributed by atoms with Crippen molar-refractivity contribution in [1.82, 2.24) is 0 Å². The summed E-state index contributed by atoms with van der Waals surface area (Å²) in [5.41, 5.74) is -1.67. The SMILES string of the molecule is OC[C@]1(O)CC[C@@H](O)[C@H](O)[C@@H]1O. The van der Waals surface area contributed by atoms with Crippen LogP contribution in [0.25, 0.3) is 0 Å². The van der Waals surface area contributed by atoms with E-state index in [1.165, 1.54) is 0 Å². The van der Waals surface area contributed by atoms with Crippen LogP contribution in [0.5, 0.6) is 0 Å². The maximum Gasteiger partial charge on any atom is 0.116 e. The summed E-state index contributed by atoms with van der Waals surface area (Å²) in [7, 11) is 0. The summed E-state index contributed by atoms with van der Waals surface area (Å²) in [6.45, 7) is -0.613. The first-order valence-corrected chi connectivity index (χ1v) is 3.89. The predicted octanol–water partition coefficient (Wildman–Crippen LogP) is -2.41. The molecule has 0 radical (unpaired) electrons. The van der Waals surface area contributed by atoms with Crippen LogP contribution in [0.1, 0.15) is 12.8 Å². The van der Waals surface area contributed by atoms with Crippen LogP contribution in [0.2, 0.25) is 0 Å². The first-order valence-electron chi connectivity index (χ1n) is 3.89. The molecule has 1 aliphatic rings. The van der Waals surface area contributed by atoms with Crippen molar-refractivity contribution in [2.24, 2.45) is 0 Å². The molecule has 0 aromatic rings. The van der Waals surface area contributed by atoms with Crippen LogP contribution < -0.4 is 0 Å². The van der Waals surface area contributed by atoms with Gasteiger partial charge in [-0.25, -0.2) is 0 Å². The Morgan fingerprint density at radius 1 is 1.25 bits per heavy atom. The summed E-state index contributed by atoms with van der Waals surface area (Å²) in [6.07, 6.45) is -3.62. The molecule has 0 unspecified atom stereocenters. The topological polar surface area (TPSA) is 101 Å². The first-order chi connectivity index (χ1) is 5.51. The van der Waals surface area contributed by atoms with Crippen molar-refractivity contribution in [3.05, 3.63) is 0 Å². The molecule has 0 saturated heterocycles. The Bertz CT molecular complexity index is 162. The zero-order valence-electron chi connectivity index (χ0n) is 6.59. The molecule has 1 fully saturated rings. The molecule has 1 rings (SSSR count). The molecule has 0 heterocycles. The van der Waals surface area contributed by atoms with E-state index in [2.05, 4.69) is 0 Å². The van der Waals surface area contributed by atoms with Crippen LogP contribution in [0.4, 0.5) is 0 Å². The lowest BCUT2D eigenvalue weighted by molar-refractivity contribution is -0.197. The average molecular weight is 178 g/mol. The summed E-state index contributed by atoms with van der Waals surface area (Å²) >= 11 is 0. The highest BCUT2D eigenvalue weighted by atomic mass is 16.4. The zero-order valence-corrected chi connectivity index (χ0v) is 6.59. The van der Waals surface area contributed by atoms with Crippen molar-refractivity contribution in [3.63, 3.8) is 0 Å². The van der Waals surface area contributed by atoms with Crippen LogP contribution in [0.3, 0.4) is 0 Å². The van der Waals surface area contributed by atoms with Crippen LogP contribution in [0.15, 0.2) is 0 Å². The second-order valence-electron chi connectivity index (χ2n) is 3.30. The van der Waals surface area contributed by atoms with Crippen LogP contribution in [0, 0.1) is 0 Å². The molecule has 0 bridgehead atoms. The van der Waals surface area contributed by atoms with E-state index in [1.807, 2.05) is 0 Å². The lowest BCUT2D eigenvalue weighted by Crippen LogP contribution is -2.59. The van der Waals surface area contributed by atoms with Crippen molar-refractivity contribution < 1.29 is 25.5 Å². The third-order valence-electron chi connectivity index (χ3n) is 2.42. The Morgan fingerprint density at radius 3 is 2.33 bits per heavy atom. The molecule has 1 saturated carbocycles. The van der Waals surface area contributed by atoms with Gasteiger partial charge in [0.1, 0.15) is 17.8 Å².